The van der Waals surface area contributed by atoms with Crippen LogP contribution in [0.5, 0.6) is 11.6 Å². The lowest BCUT2D eigenvalue weighted by Gasteiger charge is -2.14. The van der Waals surface area contributed by atoms with E-state index in [9.17, 15) is 18.0 Å². The van der Waals surface area contributed by atoms with Gasteiger partial charge in [-0.25, -0.2) is 4.98 Å². The summed E-state index contributed by atoms with van der Waals surface area (Å²) in [7, 11) is 2.32. The van der Waals surface area contributed by atoms with Gasteiger partial charge >= 0.3 is 12.3 Å². The Morgan fingerprint density at radius 2 is 2.05 bits per heavy atom. The lowest BCUT2D eigenvalue weighted by molar-refractivity contribution is -0.276. The fourth-order valence-electron chi connectivity index (χ4n) is 1.36. The summed E-state index contributed by atoms with van der Waals surface area (Å²) in [5.74, 6) is -1.73. The molecule has 0 N–H and O–H groups in total. The lowest BCUT2D eigenvalue weighted by Crippen LogP contribution is -2.19. The third-order valence-corrected chi connectivity index (χ3v) is 2.53. The molecule has 0 amide bonds. The Hall–Kier alpha value is -1.70. The fourth-order valence-corrected chi connectivity index (χ4v) is 1.59. The third kappa shape index (κ3) is 4.44. The first kappa shape index (κ1) is 16.4. The highest BCUT2D eigenvalue weighted by molar-refractivity contribution is 6.17. The van der Waals surface area contributed by atoms with Crippen LogP contribution < -0.4 is 9.47 Å². The molecule has 0 radical (unpaired) electrons. The van der Waals surface area contributed by atoms with Crippen molar-refractivity contribution in [2.75, 3.05) is 14.2 Å². The minimum absolute atomic E-state index is 0.0342. The van der Waals surface area contributed by atoms with Gasteiger partial charge in [0.15, 0.2) is 5.75 Å². The molecule has 0 aliphatic rings. The quantitative estimate of drug-likeness (QED) is 0.617. The van der Waals surface area contributed by atoms with Gasteiger partial charge in [0, 0.05) is 5.88 Å². The molecule has 0 saturated carbocycles. The van der Waals surface area contributed by atoms with Crippen LogP contribution in [0.15, 0.2) is 6.07 Å². The minimum atomic E-state index is -4.93. The molecule has 1 rings (SSSR count). The highest BCUT2D eigenvalue weighted by Crippen LogP contribution is 2.32. The maximum Gasteiger partial charge on any atom is 0.574 e. The van der Waals surface area contributed by atoms with E-state index >= 15 is 0 Å². The van der Waals surface area contributed by atoms with E-state index in [0.717, 1.165) is 14.2 Å². The summed E-state index contributed by atoms with van der Waals surface area (Å²) in [4.78, 5) is 14.8. The van der Waals surface area contributed by atoms with E-state index in [2.05, 4.69) is 14.5 Å². The maximum atomic E-state index is 12.3. The highest BCUT2D eigenvalue weighted by Gasteiger charge is 2.34. The predicted molar refractivity (Wildman–Crippen MR) is 62.7 cm³/mol. The summed E-state index contributed by atoms with van der Waals surface area (Å²) >= 11 is 5.66. The lowest BCUT2D eigenvalue weighted by atomic mass is 10.1. The van der Waals surface area contributed by atoms with Crippen molar-refractivity contribution in [2.24, 2.45) is 0 Å². The fraction of sp³-hybridized carbons (Fsp3) is 0.455. The van der Waals surface area contributed by atoms with Gasteiger partial charge in [0.05, 0.1) is 26.3 Å². The number of nitrogens with zero attached hydrogens (tertiary/aromatic N) is 1. The topological polar surface area (TPSA) is 57.7 Å². The smallest absolute Gasteiger partial charge is 0.491 e. The number of halogens is 4. The Kier molecular flexibility index (Phi) is 5.43. The number of alkyl halides is 4. The Bertz CT molecular complexity index is 493. The van der Waals surface area contributed by atoms with Gasteiger partial charge < -0.3 is 14.2 Å². The molecule has 0 aromatic carbocycles. The van der Waals surface area contributed by atoms with Crippen LogP contribution >= 0.6 is 11.6 Å². The van der Waals surface area contributed by atoms with Gasteiger partial charge in [-0.3, -0.25) is 4.79 Å². The molecule has 0 aliphatic heterocycles. The number of esters is 1. The molecule has 0 atom stereocenters. The normalized spacial score (nSPS) is 11.1. The van der Waals surface area contributed by atoms with Gasteiger partial charge in [0.25, 0.3) is 5.88 Å². The van der Waals surface area contributed by atoms with Crippen LogP contribution in [0, 0.1) is 0 Å². The van der Waals surface area contributed by atoms with Crippen LogP contribution in [0.2, 0.25) is 0 Å². The number of pyridine rings is 1. The van der Waals surface area contributed by atoms with Crippen molar-refractivity contribution in [1.82, 2.24) is 4.98 Å². The second kappa shape index (κ2) is 6.65. The Morgan fingerprint density at radius 1 is 1.40 bits per heavy atom. The second-order valence-electron chi connectivity index (χ2n) is 3.54. The molecule has 1 aromatic heterocycles. The number of rotatable bonds is 5. The zero-order valence-electron chi connectivity index (χ0n) is 10.6. The first-order chi connectivity index (χ1) is 9.30. The van der Waals surface area contributed by atoms with Gasteiger partial charge in [-0.1, -0.05) is 0 Å². The van der Waals surface area contributed by atoms with Gasteiger partial charge in [0.1, 0.15) is 0 Å². The minimum Gasteiger partial charge on any atom is -0.491 e. The van der Waals surface area contributed by atoms with E-state index in [1.165, 1.54) is 6.07 Å². The molecule has 5 nitrogen and oxygen atoms in total. The molecular weight excluding hydrogens is 303 g/mol. The SMILES string of the molecule is COC(=O)Cc1nc(OC(F)(F)F)c(OC)cc1CCl. The number of hydrogen-bond acceptors (Lipinski definition) is 5. The molecule has 0 saturated heterocycles. The van der Waals surface area contributed by atoms with E-state index < -0.39 is 18.2 Å². The first-order valence-electron chi connectivity index (χ1n) is 5.26. The van der Waals surface area contributed by atoms with Crippen molar-refractivity contribution in [3.8, 4) is 11.6 Å². The van der Waals surface area contributed by atoms with Crippen molar-refractivity contribution in [3.63, 3.8) is 0 Å². The number of carbonyl (C=O) groups excluding carboxylic acids is 1. The van der Waals surface area contributed by atoms with Crippen molar-refractivity contribution >= 4 is 17.6 Å². The maximum absolute atomic E-state index is 12.3. The molecule has 20 heavy (non-hydrogen) atoms. The van der Waals surface area contributed by atoms with Crippen LogP contribution in [0.4, 0.5) is 13.2 Å². The highest BCUT2D eigenvalue weighted by atomic mass is 35.5. The number of ether oxygens (including phenoxy) is 3. The van der Waals surface area contributed by atoms with Crippen LogP contribution in [0.25, 0.3) is 0 Å². The second-order valence-corrected chi connectivity index (χ2v) is 3.80. The van der Waals surface area contributed by atoms with E-state index in [-0.39, 0.29) is 23.7 Å². The summed E-state index contributed by atoms with van der Waals surface area (Å²) in [6, 6.07) is 1.24. The molecule has 0 fully saturated rings. The van der Waals surface area contributed by atoms with E-state index in [4.69, 9.17) is 16.3 Å². The van der Waals surface area contributed by atoms with Gasteiger partial charge in [0.2, 0.25) is 0 Å². The summed E-state index contributed by atoms with van der Waals surface area (Å²) in [6.45, 7) is 0. The van der Waals surface area contributed by atoms with E-state index in [1.807, 2.05) is 0 Å². The molecule has 0 spiro atoms. The summed E-state index contributed by atoms with van der Waals surface area (Å²) in [6.07, 6.45) is -5.25. The molecule has 0 bridgehead atoms. The Morgan fingerprint density at radius 3 is 2.50 bits per heavy atom. The molecule has 0 unspecified atom stereocenters. The Balaban J connectivity index is 3.22. The van der Waals surface area contributed by atoms with Gasteiger partial charge in [-0.05, 0) is 11.6 Å². The van der Waals surface area contributed by atoms with Crippen LogP contribution in [-0.2, 0) is 21.8 Å². The first-order valence-corrected chi connectivity index (χ1v) is 5.79. The van der Waals surface area contributed by atoms with Crippen molar-refractivity contribution in [2.45, 2.75) is 18.7 Å². The largest absolute Gasteiger partial charge is 0.574 e. The number of hydrogen-bond donors (Lipinski definition) is 0. The molecule has 1 heterocycles. The number of carbonyl (C=O) groups is 1. The molecule has 1 aromatic rings. The zero-order chi connectivity index (χ0) is 15.3. The predicted octanol–water partition coefficient (Wildman–Crippen LogP) is 2.44. The number of methoxy groups -OCH3 is 2. The summed E-state index contributed by atoms with van der Waals surface area (Å²) < 4.78 is 49.7. The third-order valence-electron chi connectivity index (χ3n) is 2.24. The monoisotopic (exact) mass is 313 g/mol. The molecular formula is C11H11ClF3NO4. The van der Waals surface area contributed by atoms with Crippen molar-refractivity contribution in [3.05, 3.63) is 17.3 Å². The van der Waals surface area contributed by atoms with E-state index in [0.29, 0.717) is 5.56 Å². The standard InChI is InChI=1S/C11H11ClF3NO4/c1-18-8-3-6(5-12)7(4-9(17)19-2)16-10(8)20-11(13,14)15/h3H,4-5H2,1-2H3. The van der Waals surface area contributed by atoms with Crippen LogP contribution in [0.3, 0.4) is 0 Å². The number of aromatic nitrogens is 1. The van der Waals surface area contributed by atoms with Crippen LogP contribution in [0.1, 0.15) is 11.3 Å². The van der Waals surface area contributed by atoms with Crippen molar-refractivity contribution < 1.29 is 32.2 Å². The summed E-state index contributed by atoms with van der Waals surface area (Å²) in [5.41, 5.74) is 0.385. The summed E-state index contributed by atoms with van der Waals surface area (Å²) in [5, 5.41) is 0. The molecule has 0 aliphatic carbocycles. The molecule has 9 heteroatoms. The van der Waals surface area contributed by atoms with Crippen molar-refractivity contribution in [1.29, 1.82) is 0 Å². The van der Waals surface area contributed by atoms with E-state index in [1.54, 1.807) is 0 Å². The average Bonchev–Trinajstić information content (AvgIpc) is 2.37. The zero-order valence-corrected chi connectivity index (χ0v) is 11.3. The van der Waals surface area contributed by atoms with Crippen LogP contribution in [-0.4, -0.2) is 31.5 Å². The molecule has 112 valence electrons. The average molecular weight is 314 g/mol. The van der Waals surface area contributed by atoms with Gasteiger partial charge in [-0.15, -0.1) is 24.8 Å². The Labute approximate surface area is 117 Å². The van der Waals surface area contributed by atoms with Gasteiger partial charge in [-0.2, -0.15) is 0 Å².